The third kappa shape index (κ3) is 5.27. The Kier molecular flexibility index (Phi) is 7.06. The number of carbonyl (C=O) groups excluding carboxylic acids is 1. The van der Waals surface area contributed by atoms with Crippen molar-refractivity contribution >= 4 is 42.6 Å². The second-order valence-corrected chi connectivity index (χ2v) is 12.2. The molecule has 1 aliphatic rings. The monoisotopic (exact) mass is 541 g/mol. The van der Waals surface area contributed by atoms with Gasteiger partial charge in [0.05, 0.1) is 16.1 Å². The first kappa shape index (κ1) is 25.4. The van der Waals surface area contributed by atoms with Gasteiger partial charge in [-0.1, -0.05) is 48.6 Å². The van der Waals surface area contributed by atoms with Gasteiger partial charge in [0.25, 0.3) is 5.91 Å². The fourth-order valence-electron chi connectivity index (χ4n) is 4.49. The Morgan fingerprint density at radius 3 is 2.54 bits per heavy atom. The maximum absolute atomic E-state index is 14.3. The molecular weight excluding hydrogens is 516 g/mol. The highest BCUT2D eigenvalue weighted by atomic mass is 32.2. The summed E-state index contributed by atoms with van der Waals surface area (Å²) in [7, 11) is -3.66. The normalized spacial score (nSPS) is 16.7. The SMILES string of the molecule is CC1CCCN(S(=O)(=O)c2ccc(C(=O)N(Cc3ccccc3)c3nc4c(F)cc(F)cc4s3)cc2)C1. The Morgan fingerprint density at radius 2 is 1.84 bits per heavy atom. The van der Waals surface area contributed by atoms with Crippen molar-refractivity contribution in [2.24, 2.45) is 5.92 Å². The maximum atomic E-state index is 14.3. The van der Waals surface area contributed by atoms with E-state index in [1.807, 2.05) is 37.3 Å². The molecular formula is C27H25F2N3O3S2. The van der Waals surface area contributed by atoms with Crippen molar-refractivity contribution in [3.8, 4) is 0 Å². The predicted octanol–water partition coefficient (Wildman–Crippen LogP) is 5.84. The summed E-state index contributed by atoms with van der Waals surface area (Å²) in [6, 6.07) is 17.0. The van der Waals surface area contributed by atoms with Gasteiger partial charge in [-0.2, -0.15) is 4.31 Å². The average molecular weight is 542 g/mol. The van der Waals surface area contributed by atoms with Crippen LogP contribution in [0, 0.1) is 17.6 Å². The van der Waals surface area contributed by atoms with Crippen molar-refractivity contribution in [1.82, 2.24) is 9.29 Å². The molecule has 1 fully saturated rings. The van der Waals surface area contributed by atoms with Crippen LogP contribution in [0.25, 0.3) is 10.2 Å². The standard InChI is InChI=1S/C27H25F2N3O3S2/c1-18-6-5-13-31(16-18)37(34,35)22-11-9-20(10-12-22)26(33)32(17-19-7-3-2-4-8-19)27-30-25-23(29)14-21(28)15-24(25)36-27/h2-4,7-12,14-15,18H,5-6,13,16-17H2,1H3. The van der Waals surface area contributed by atoms with Gasteiger partial charge in [-0.05, 0) is 54.7 Å². The number of sulfonamides is 1. The summed E-state index contributed by atoms with van der Waals surface area (Å²) >= 11 is 1.01. The number of nitrogens with zero attached hydrogens (tertiary/aromatic N) is 3. The number of amides is 1. The molecule has 0 spiro atoms. The zero-order valence-electron chi connectivity index (χ0n) is 20.1. The molecule has 0 N–H and O–H groups in total. The molecule has 2 heterocycles. The Labute approximate surface area is 218 Å². The van der Waals surface area contributed by atoms with Gasteiger partial charge in [0.2, 0.25) is 10.0 Å². The Hall–Kier alpha value is -3.21. The van der Waals surface area contributed by atoms with E-state index in [0.29, 0.717) is 19.0 Å². The fraction of sp³-hybridized carbons (Fsp3) is 0.259. The van der Waals surface area contributed by atoms with Gasteiger partial charge in [-0.25, -0.2) is 22.2 Å². The number of rotatable bonds is 6. The summed E-state index contributed by atoms with van der Waals surface area (Å²) in [6.45, 7) is 3.14. The number of thiazole rings is 1. The lowest BCUT2D eigenvalue weighted by Gasteiger charge is -2.30. The molecule has 0 saturated carbocycles. The Bertz CT molecular complexity index is 1540. The van der Waals surface area contributed by atoms with Crippen LogP contribution in [0.3, 0.4) is 0 Å². The summed E-state index contributed by atoms with van der Waals surface area (Å²) in [5.74, 6) is -1.66. The molecule has 1 aliphatic heterocycles. The van der Waals surface area contributed by atoms with Gasteiger partial charge in [-0.15, -0.1) is 0 Å². The molecule has 0 bridgehead atoms. The number of anilines is 1. The maximum Gasteiger partial charge on any atom is 0.260 e. The molecule has 0 radical (unpaired) electrons. The largest absolute Gasteiger partial charge is 0.279 e. The van der Waals surface area contributed by atoms with Gasteiger partial charge < -0.3 is 0 Å². The molecule has 10 heteroatoms. The lowest BCUT2D eigenvalue weighted by atomic mass is 10.0. The van der Waals surface area contributed by atoms with E-state index in [2.05, 4.69) is 4.98 Å². The minimum absolute atomic E-state index is 0.00976. The second kappa shape index (κ2) is 10.3. The molecule has 1 amide bonds. The van der Waals surface area contributed by atoms with Crippen molar-refractivity contribution in [2.45, 2.75) is 31.2 Å². The number of benzene rings is 3. The van der Waals surface area contributed by atoms with Gasteiger partial charge >= 0.3 is 0 Å². The van der Waals surface area contributed by atoms with E-state index in [1.54, 1.807) is 0 Å². The lowest BCUT2D eigenvalue weighted by Crippen LogP contribution is -2.39. The third-order valence-electron chi connectivity index (χ3n) is 6.42. The van der Waals surface area contributed by atoms with E-state index in [0.717, 1.165) is 35.8 Å². The van der Waals surface area contributed by atoms with Crippen LogP contribution in [0.15, 0.2) is 71.6 Å². The summed E-state index contributed by atoms with van der Waals surface area (Å²) in [6.07, 6.45) is 1.82. The Morgan fingerprint density at radius 1 is 1.11 bits per heavy atom. The van der Waals surface area contributed by atoms with Gasteiger partial charge in [-0.3, -0.25) is 9.69 Å². The first-order valence-electron chi connectivity index (χ1n) is 11.9. The van der Waals surface area contributed by atoms with Crippen molar-refractivity contribution < 1.29 is 22.0 Å². The van der Waals surface area contributed by atoms with Crippen molar-refractivity contribution in [2.75, 3.05) is 18.0 Å². The molecule has 37 heavy (non-hydrogen) atoms. The molecule has 5 rings (SSSR count). The van der Waals surface area contributed by atoms with Crippen LogP contribution in [0.2, 0.25) is 0 Å². The first-order valence-corrected chi connectivity index (χ1v) is 14.2. The average Bonchev–Trinajstić information content (AvgIpc) is 3.32. The van der Waals surface area contributed by atoms with E-state index in [4.69, 9.17) is 0 Å². The lowest BCUT2D eigenvalue weighted by molar-refractivity contribution is 0.0985. The number of aromatic nitrogens is 1. The van der Waals surface area contributed by atoms with E-state index in [9.17, 15) is 22.0 Å². The summed E-state index contributed by atoms with van der Waals surface area (Å²) in [5, 5.41) is 0.215. The molecule has 1 unspecified atom stereocenters. The topological polar surface area (TPSA) is 70.6 Å². The number of fused-ring (bicyclic) bond motifs is 1. The number of hydrogen-bond donors (Lipinski definition) is 0. The van der Waals surface area contributed by atoms with Gasteiger partial charge in [0.1, 0.15) is 11.3 Å². The highest BCUT2D eigenvalue weighted by Gasteiger charge is 2.29. The summed E-state index contributed by atoms with van der Waals surface area (Å²) in [4.78, 5) is 19.5. The molecule has 6 nitrogen and oxygen atoms in total. The number of halogens is 2. The highest BCUT2D eigenvalue weighted by Crippen LogP contribution is 2.33. The molecule has 3 aromatic carbocycles. The van der Waals surface area contributed by atoms with Crippen LogP contribution in [-0.4, -0.2) is 36.7 Å². The zero-order chi connectivity index (χ0) is 26.2. The molecule has 4 aromatic rings. The molecule has 192 valence electrons. The Balaban J connectivity index is 1.48. The van der Waals surface area contributed by atoms with Crippen molar-refractivity contribution in [1.29, 1.82) is 0 Å². The van der Waals surface area contributed by atoms with E-state index >= 15 is 0 Å². The van der Waals surface area contributed by atoms with Crippen LogP contribution in [0.1, 0.15) is 35.7 Å². The number of piperidine rings is 1. The molecule has 1 atom stereocenters. The van der Waals surface area contributed by atoms with Crippen LogP contribution in [0.5, 0.6) is 0 Å². The first-order chi connectivity index (χ1) is 17.7. The fourth-order valence-corrected chi connectivity index (χ4v) is 7.09. The quantitative estimate of drug-likeness (QED) is 0.307. The number of carbonyl (C=O) groups is 1. The number of hydrogen-bond acceptors (Lipinski definition) is 5. The summed E-state index contributed by atoms with van der Waals surface area (Å²) < 4.78 is 56.2. The van der Waals surface area contributed by atoms with Crippen LogP contribution in [0.4, 0.5) is 13.9 Å². The van der Waals surface area contributed by atoms with Crippen LogP contribution >= 0.6 is 11.3 Å². The highest BCUT2D eigenvalue weighted by molar-refractivity contribution is 7.89. The second-order valence-electron chi connectivity index (χ2n) is 9.24. The van der Waals surface area contributed by atoms with Gasteiger partial charge in [0, 0.05) is 24.7 Å². The minimum atomic E-state index is -3.66. The predicted molar refractivity (Wildman–Crippen MR) is 140 cm³/mol. The third-order valence-corrected chi connectivity index (χ3v) is 9.32. The molecule has 1 saturated heterocycles. The van der Waals surface area contributed by atoms with Crippen LogP contribution in [-0.2, 0) is 16.6 Å². The van der Waals surface area contributed by atoms with Crippen molar-refractivity contribution in [3.63, 3.8) is 0 Å². The zero-order valence-corrected chi connectivity index (χ0v) is 21.7. The van der Waals surface area contributed by atoms with E-state index in [-0.39, 0.29) is 32.4 Å². The summed E-state index contributed by atoms with van der Waals surface area (Å²) in [5.41, 5.74) is 1.07. The van der Waals surface area contributed by atoms with Crippen molar-refractivity contribution in [3.05, 3.63) is 89.5 Å². The van der Waals surface area contributed by atoms with E-state index < -0.39 is 27.6 Å². The molecule has 1 aromatic heterocycles. The smallest absolute Gasteiger partial charge is 0.260 e. The minimum Gasteiger partial charge on any atom is -0.279 e. The van der Waals surface area contributed by atoms with E-state index in [1.165, 1.54) is 39.5 Å². The molecule has 0 aliphatic carbocycles. The van der Waals surface area contributed by atoms with Crippen LogP contribution < -0.4 is 4.90 Å². The van der Waals surface area contributed by atoms with Gasteiger partial charge in [0.15, 0.2) is 10.9 Å².